The zero-order valence-corrected chi connectivity index (χ0v) is 17.9. The summed E-state index contributed by atoms with van der Waals surface area (Å²) in [5.41, 5.74) is 0.677. The smallest absolute Gasteiger partial charge is 0.269 e. The fourth-order valence-corrected chi connectivity index (χ4v) is 4.96. The summed E-state index contributed by atoms with van der Waals surface area (Å²) in [7, 11) is -2.70. The number of benzene rings is 2. The van der Waals surface area contributed by atoms with E-state index in [2.05, 4.69) is 5.32 Å². The van der Waals surface area contributed by atoms with Crippen LogP contribution in [0.25, 0.3) is 0 Å². The summed E-state index contributed by atoms with van der Waals surface area (Å²) in [6.07, 6.45) is 0. The van der Waals surface area contributed by atoms with Crippen LogP contribution in [-0.2, 0) is 26.2 Å². The van der Waals surface area contributed by atoms with E-state index in [1.807, 2.05) is 0 Å². The van der Waals surface area contributed by atoms with Crippen LogP contribution in [0, 0.1) is 0 Å². The lowest BCUT2D eigenvalue weighted by Gasteiger charge is -2.29. The Bertz CT molecular complexity index is 1120. The highest BCUT2D eigenvalue weighted by Crippen LogP contribution is 2.30. The fraction of sp³-hybridized carbons (Fsp3) is 0.250. The predicted octanol–water partition coefficient (Wildman–Crippen LogP) is 1.65. The van der Waals surface area contributed by atoms with E-state index in [1.165, 1.54) is 37.1 Å². The van der Waals surface area contributed by atoms with Crippen molar-refractivity contribution in [3.63, 3.8) is 0 Å². The highest BCUT2D eigenvalue weighted by atomic mass is 35.5. The van der Waals surface area contributed by atoms with Gasteiger partial charge in [0.15, 0.2) is 0 Å². The van der Waals surface area contributed by atoms with Crippen LogP contribution in [0.3, 0.4) is 0 Å². The molecule has 8 nitrogen and oxygen atoms in total. The Hall–Kier alpha value is -2.91. The average molecular weight is 450 g/mol. The minimum Gasteiger partial charge on any atom is -0.357 e. The molecule has 30 heavy (non-hydrogen) atoms. The predicted molar refractivity (Wildman–Crippen MR) is 110 cm³/mol. The third-order valence-corrected chi connectivity index (χ3v) is 6.87. The number of likely N-dealkylation sites (N-methyl/N-ethyl adjacent to an activating group) is 1. The van der Waals surface area contributed by atoms with Crippen LogP contribution in [0.5, 0.6) is 0 Å². The van der Waals surface area contributed by atoms with Gasteiger partial charge in [0.25, 0.3) is 15.9 Å². The first-order valence-electron chi connectivity index (χ1n) is 9.08. The van der Waals surface area contributed by atoms with Crippen molar-refractivity contribution in [3.8, 4) is 0 Å². The molecule has 0 spiro atoms. The molecule has 1 atom stereocenters. The van der Waals surface area contributed by atoms with Crippen molar-refractivity contribution in [2.45, 2.75) is 24.4 Å². The first-order valence-corrected chi connectivity index (χ1v) is 10.9. The van der Waals surface area contributed by atoms with Crippen LogP contribution >= 0.6 is 11.6 Å². The molecular weight excluding hydrogens is 430 g/mol. The number of sulfonamides is 1. The average Bonchev–Trinajstić information content (AvgIpc) is 2.92. The van der Waals surface area contributed by atoms with Crippen LogP contribution < -0.4 is 5.32 Å². The monoisotopic (exact) mass is 449 g/mol. The summed E-state index contributed by atoms with van der Waals surface area (Å²) in [5.74, 6) is -1.88. The summed E-state index contributed by atoms with van der Waals surface area (Å²) in [5, 5.41) is 2.93. The number of halogens is 1. The quantitative estimate of drug-likeness (QED) is 0.722. The van der Waals surface area contributed by atoms with Gasteiger partial charge in [-0.25, -0.2) is 12.7 Å². The molecule has 0 aromatic heterocycles. The highest BCUT2D eigenvalue weighted by Gasteiger charge is 2.43. The van der Waals surface area contributed by atoms with Gasteiger partial charge in [-0.3, -0.25) is 14.4 Å². The van der Waals surface area contributed by atoms with Gasteiger partial charge >= 0.3 is 0 Å². The number of rotatable bonds is 6. The van der Waals surface area contributed by atoms with E-state index in [0.29, 0.717) is 14.9 Å². The van der Waals surface area contributed by atoms with E-state index < -0.39 is 40.3 Å². The molecule has 0 saturated carbocycles. The van der Waals surface area contributed by atoms with Crippen molar-refractivity contribution in [2.24, 2.45) is 0 Å². The molecule has 1 heterocycles. The second kappa shape index (κ2) is 8.45. The van der Waals surface area contributed by atoms with Crippen molar-refractivity contribution >= 4 is 39.3 Å². The van der Waals surface area contributed by atoms with E-state index in [4.69, 9.17) is 11.6 Å². The largest absolute Gasteiger partial charge is 0.357 e. The van der Waals surface area contributed by atoms with Gasteiger partial charge < -0.3 is 10.2 Å². The van der Waals surface area contributed by atoms with Crippen molar-refractivity contribution in [3.05, 3.63) is 64.7 Å². The lowest BCUT2D eigenvalue weighted by atomic mass is 10.1. The summed E-state index contributed by atoms with van der Waals surface area (Å²) in [6, 6.07) is 11.6. The van der Waals surface area contributed by atoms with Crippen molar-refractivity contribution in [2.75, 3.05) is 13.6 Å². The normalized spacial score (nSPS) is 15.4. The van der Waals surface area contributed by atoms with Crippen molar-refractivity contribution in [1.82, 2.24) is 14.5 Å². The van der Waals surface area contributed by atoms with Crippen LogP contribution in [0.15, 0.2) is 53.4 Å². The van der Waals surface area contributed by atoms with Crippen LogP contribution in [0.1, 0.15) is 22.8 Å². The molecule has 0 aliphatic carbocycles. The lowest BCUT2D eigenvalue weighted by Crippen LogP contribution is -2.50. The first-order chi connectivity index (χ1) is 14.2. The van der Waals surface area contributed by atoms with Gasteiger partial charge in [0.05, 0.1) is 5.56 Å². The molecule has 0 radical (unpaired) electrons. The number of fused-ring (bicyclic) bond motifs is 1. The van der Waals surface area contributed by atoms with E-state index in [9.17, 15) is 22.8 Å². The Morgan fingerprint density at radius 1 is 1.17 bits per heavy atom. The lowest BCUT2D eigenvalue weighted by molar-refractivity contribution is -0.140. The zero-order chi connectivity index (χ0) is 22.1. The number of hydrogen-bond acceptors (Lipinski definition) is 5. The van der Waals surface area contributed by atoms with E-state index in [1.54, 1.807) is 30.3 Å². The molecule has 0 saturated heterocycles. The Morgan fingerprint density at radius 2 is 1.87 bits per heavy atom. The first kappa shape index (κ1) is 21.8. The molecule has 2 aromatic rings. The Labute approximate surface area is 179 Å². The molecule has 0 unspecified atom stereocenters. The summed E-state index contributed by atoms with van der Waals surface area (Å²) < 4.78 is 26.0. The summed E-state index contributed by atoms with van der Waals surface area (Å²) in [6.45, 7) is 0.830. The second-order valence-electron chi connectivity index (χ2n) is 6.75. The van der Waals surface area contributed by atoms with Crippen LogP contribution in [0.4, 0.5) is 0 Å². The number of carbonyl (C=O) groups excluding carboxylic acids is 3. The molecular formula is C20H20ClN3O5S. The Morgan fingerprint density at radius 3 is 2.50 bits per heavy atom. The maximum atomic E-state index is 13.1. The number of carbonyl (C=O) groups is 3. The maximum absolute atomic E-state index is 13.1. The van der Waals surface area contributed by atoms with Gasteiger partial charge in [-0.05, 0) is 36.8 Å². The molecule has 10 heteroatoms. The Kier molecular flexibility index (Phi) is 6.14. The topological polar surface area (TPSA) is 104 Å². The maximum Gasteiger partial charge on any atom is 0.269 e. The SMILES string of the molecule is CNC(=O)[C@@H](C)N(Cc1cccc(Cl)c1)C(=O)CN1C(=O)c2ccccc2S1(=O)=O. The zero-order valence-electron chi connectivity index (χ0n) is 16.3. The number of hydrogen-bond donors (Lipinski definition) is 1. The van der Waals surface area contributed by atoms with Crippen LogP contribution in [-0.4, -0.2) is 55.0 Å². The standard InChI is InChI=1S/C20H20ClN3O5S/c1-13(19(26)22-2)23(11-14-6-5-7-15(21)10-14)18(25)12-24-20(27)16-8-3-4-9-17(16)30(24,28)29/h3-10,13H,11-12H2,1-2H3,(H,22,26)/t13-/m1/s1. The third-order valence-electron chi connectivity index (χ3n) is 4.85. The Balaban J connectivity index is 1.90. The van der Waals surface area contributed by atoms with Crippen molar-refractivity contribution in [1.29, 1.82) is 0 Å². The summed E-state index contributed by atoms with van der Waals surface area (Å²) >= 11 is 6.01. The molecule has 158 valence electrons. The number of nitrogens with one attached hydrogen (secondary N) is 1. The van der Waals surface area contributed by atoms with E-state index in [0.717, 1.165) is 0 Å². The van der Waals surface area contributed by atoms with E-state index in [-0.39, 0.29) is 17.0 Å². The number of amides is 3. The van der Waals surface area contributed by atoms with Gasteiger partial charge in [0.2, 0.25) is 11.8 Å². The third kappa shape index (κ3) is 4.03. The van der Waals surface area contributed by atoms with Gasteiger partial charge in [-0.15, -0.1) is 0 Å². The van der Waals surface area contributed by atoms with Gasteiger partial charge in [-0.2, -0.15) is 0 Å². The molecule has 2 aromatic carbocycles. The molecule has 1 N–H and O–H groups in total. The molecule has 0 bridgehead atoms. The second-order valence-corrected chi connectivity index (χ2v) is 9.02. The minimum atomic E-state index is -4.14. The van der Waals surface area contributed by atoms with Gasteiger partial charge in [0, 0.05) is 18.6 Å². The number of nitrogens with zero attached hydrogens (tertiary/aromatic N) is 2. The van der Waals surface area contributed by atoms with Crippen LogP contribution in [0.2, 0.25) is 5.02 Å². The highest BCUT2D eigenvalue weighted by molar-refractivity contribution is 7.90. The summed E-state index contributed by atoms with van der Waals surface area (Å²) in [4.78, 5) is 39.0. The van der Waals surface area contributed by atoms with Crippen molar-refractivity contribution < 1.29 is 22.8 Å². The molecule has 1 aliphatic rings. The van der Waals surface area contributed by atoms with Gasteiger partial charge in [0.1, 0.15) is 17.5 Å². The molecule has 3 amide bonds. The minimum absolute atomic E-state index is 0.0169. The van der Waals surface area contributed by atoms with Gasteiger partial charge in [-0.1, -0.05) is 35.9 Å². The van der Waals surface area contributed by atoms with E-state index >= 15 is 0 Å². The molecule has 3 rings (SSSR count). The molecule has 0 fully saturated rings. The molecule has 1 aliphatic heterocycles. The fourth-order valence-electron chi connectivity index (χ4n) is 3.22.